The van der Waals surface area contributed by atoms with Gasteiger partial charge in [0.15, 0.2) is 5.76 Å². The van der Waals surface area contributed by atoms with E-state index in [4.69, 9.17) is 4.42 Å². The zero-order valence-electron chi connectivity index (χ0n) is 11.0. The third-order valence-electron chi connectivity index (χ3n) is 3.27. The van der Waals surface area contributed by atoms with Crippen molar-refractivity contribution in [2.24, 2.45) is 0 Å². The number of aryl methyl sites for hydroxylation is 1. The molecule has 0 unspecified atom stereocenters. The van der Waals surface area contributed by atoms with Gasteiger partial charge in [-0.05, 0) is 36.2 Å². The smallest absolute Gasteiger partial charge is 0.202 e. The van der Waals surface area contributed by atoms with Gasteiger partial charge in [-0.15, -0.1) is 0 Å². The molecule has 0 amide bonds. The Hall–Kier alpha value is -2.42. The molecular weight excluding hydrogens is 255 g/mol. The summed E-state index contributed by atoms with van der Waals surface area (Å²) in [7, 11) is 0. The Labute approximate surface area is 115 Å². The lowest BCUT2D eigenvalue weighted by Crippen LogP contribution is -2.02. The normalized spacial score (nSPS) is 10.9. The first-order chi connectivity index (χ1) is 9.63. The number of para-hydroxylation sites is 1. The lowest BCUT2D eigenvalue weighted by Gasteiger charge is -1.98. The molecule has 1 aromatic heterocycles. The third-order valence-corrected chi connectivity index (χ3v) is 3.27. The maximum Gasteiger partial charge on any atom is 0.202 e. The molecule has 0 spiro atoms. The van der Waals surface area contributed by atoms with Crippen LogP contribution in [0.2, 0.25) is 0 Å². The molecular formula is C17H13FO2. The molecule has 0 N–H and O–H groups in total. The Bertz CT molecular complexity index is 787. The number of ketones is 1. The summed E-state index contributed by atoms with van der Waals surface area (Å²) in [5.41, 5.74) is 2.37. The molecule has 0 aliphatic rings. The van der Waals surface area contributed by atoms with Crippen molar-refractivity contribution in [2.75, 3.05) is 0 Å². The van der Waals surface area contributed by atoms with E-state index >= 15 is 0 Å². The van der Waals surface area contributed by atoms with E-state index in [1.165, 1.54) is 12.1 Å². The van der Waals surface area contributed by atoms with Crippen LogP contribution >= 0.6 is 0 Å². The molecule has 2 aromatic carbocycles. The molecule has 0 bridgehead atoms. The van der Waals surface area contributed by atoms with E-state index in [0.29, 0.717) is 11.3 Å². The number of furan rings is 1. The molecule has 0 atom stereocenters. The van der Waals surface area contributed by atoms with E-state index in [9.17, 15) is 9.18 Å². The van der Waals surface area contributed by atoms with Crippen molar-refractivity contribution in [3.63, 3.8) is 0 Å². The SMILES string of the molecule is Cc1cccc2cc(C(=O)Cc3cccc(F)c3)oc12. The predicted octanol–water partition coefficient (Wildman–Crippen LogP) is 4.31. The summed E-state index contributed by atoms with van der Waals surface area (Å²) in [6.45, 7) is 1.94. The number of Topliss-reactive ketones (excluding diaryl/α,β-unsaturated/α-hetero) is 1. The maximum atomic E-state index is 13.1. The topological polar surface area (TPSA) is 30.2 Å². The third kappa shape index (κ3) is 2.35. The minimum atomic E-state index is -0.337. The summed E-state index contributed by atoms with van der Waals surface area (Å²) in [6.07, 6.45) is 0.136. The number of hydrogen-bond acceptors (Lipinski definition) is 2. The average molecular weight is 268 g/mol. The number of carbonyl (C=O) groups excluding carboxylic acids is 1. The Balaban J connectivity index is 1.91. The lowest BCUT2D eigenvalue weighted by atomic mass is 10.1. The highest BCUT2D eigenvalue weighted by atomic mass is 19.1. The van der Waals surface area contributed by atoms with Gasteiger partial charge in [-0.1, -0.05) is 30.3 Å². The van der Waals surface area contributed by atoms with Crippen molar-refractivity contribution >= 4 is 16.8 Å². The van der Waals surface area contributed by atoms with Crippen molar-refractivity contribution in [1.82, 2.24) is 0 Å². The fraction of sp³-hybridized carbons (Fsp3) is 0.118. The minimum absolute atomic E-state index is 0.136. The molecule has 3 aromatic rings. The summed E-state index contributed by atoms with van der Waals surface area (Å²) in [6, 6.07) is 13.6. The summed E-state index contributed by atoms with van der Waals surface area (Å²) < 4.78 is 18.7. The van der Waals surface area contributed by atoms with E-state index in [-0.39, 0.29) is 18.0 Å². The van der Waals surface area contributed by atoms with Gasteiger partial charge < -0.3 is 4.42 Å². The predicted molar refractivity (Wildman–Crippen MR) is 75.4 cm³/mol. The number of halogens is 1. The Morgan fingerprint density at radius 3 is 2.70 bits per heavy atom. The van der Waals surface area contributed by atoms with Gasteiger partial charge in [0.2, 0.25) is 5.78 Å². The zero-order chi connectivity index (χ0) is 14.1. The summed E-state index contributed by atoms with van der Waals surface area (Å²) in [5.74, 6) is -0.166. The molecule has 100 valence electrons. The minimum Gasteiger partial charge on any atom is -0.453 e. The van der Waals surface area contributed by atoms with Crippen molar-refractivity contribution in [2.45, 2.75) is 13.3 Å². The standard InChI is InChI=1S/C17H13FO2/c1-11-4-2-6-13-10-16(20-17(11)13)15(19)9-12-5-3-7-14(18)8-12/h2-8,10H,9H2,1H3. The summed E-state index contributed by atoms with van der Waals surface area (Å²) in [4.78, 5) is 12.2. The van der Waals surface area contributed by atoms with Crippen LogP contribution in [0.25, 0.3) is 11.0 Å². The fourth-order valence-electron chi connectivity index (χ4n) is 2.27. The molecule has 0 saturated heterocycles. The van der Waals surface area contributed by atoms with E-state index in [1.54, 1.807) is 18.2 Å². The van der Waals surface area contributed by atoms with Crippen LogP contribution in [-0.2, 0) is 6.42 Å². The molecule has 0 radical (unpaired) electrons. The van der Waals surface area contributed by atoms with Gasteiger partial charge in [-0.25, -0.2) is 4.39 Å². The molecule has 0 aliphatic heterocycles. The van der Waals surface area contributed by atoms with Crippen molar-refractivity contribution in [3.8, 4) is 0 Å². The van der Waals surface area contributed by atoms with Crippen molar-refractivity contribution in [1.29, 1.82) is 0 Å². The van der Waals surface area contributed by atoms with Gasteiger partial charge in [0, 0.05) is 11.8 Å². The summed E-state index contributed by atoms with van der Waals surface area (Å²) in [5, 5.41) is 0.910. The van der Waals surface area contributed by atoms with E-state index in [2.05, 4.69) is 0 Å². The first kappa shape index (κ1) is 12.6. The van der Waals surface area contributed by atoms with Gasteiger partial charge in [0.1, 0.15) is 11.4 Å². The van der Waals surface area contributed by atoms with Crippen LogP contribution in [-0.4, -0.2) is 5.78 Å². The second-order valence-electron chi connectivity index (χ2n) is 4.83. The van der Waals surface area contributed by atoms with E-state index in [1.807, 2.05) is 25.1 Å². The van der Waals surface area contributed by atoms with Crippen LogP contribution in [0.4, 0.5) is 4.39 Å². The van der Waals surface area contributed by atoms with Crippen LogP contribution in [0.3, 0.4) is 0 Å². The second-order valence-corrected chi connectivity index (χ2v) is 4.83. The monoisotopic (exact) mass is 268 g/mol. The van der Waals surface area contributed by atoms with Crippen LogP contribution < -0.4 is 0 Å². The second kappa shape index (κ2) is 4.93. The van der Waals surface area contributed by atoms with Crippen molar-refractivity contribution < 1.29 is 13.6 Å². The zero-order valence-corrected chi connectivity index (χ0v) is 11.0. The molecule has 0 aliphatic carbocycles. The quantitative estimate of drug-likeness (QED) is 0.663. The van der Waals surface area contributed by atoms with Gasteiger partial charge >= 0.3 is 0 Å². The largest absolute Gasteiger partial charge is 0.453 e. The molecule has 3 heteroatoms. The summed E-state index contributed by atoms with van der Waals surface area (Å²) >= 11 is 0. The number of carbonyl (C=O) groups is 1. The highest BCUT2D eigenvalue weighted by molar-refractivity contribution is 5.99. The molecule has 1 heterocycles. The van der Waals surface area contributed by atoms with Crippen LogP contribution in [0.5, 0.6) is 0 Å². The highest BCUT2D eigenvalue weighted by Crippen LogP contribution is 2.23. The average Bonchev–Trinajstić information content (AvgIpc) is 2.84. The maximum absolute atomic E-state index is 13.1. The van der Waals surface area contributed by atoms with Crippen LogP contribution in [0, 0.1) is 12.7 Å². The van der Waals surface area contributed by atoms with E-state index < -0.39 is 0 Å². The number of benzene rings is 2. The number of hydrogen-bond donors (Lipinski definition) is 0. The number of fused-ring (bicyclic) bond motifs is 1. The first-order valence-corrected chi connectivity index (χ1v) is 6.40. The first-order valence-electron chi connectivity index (χ1n) is 6.40. The van der Waals surface area contributed by atoms with Gasteiger partial charge in [0.25, 0.3) is 0 Å². The molecule has 20 heavy (non-hydrogen) atoms. The van der Waals surface area contributed by atoms with Crippen LogP contribution in [0.15, 0.2) is 52.9 Å². The van der Waals surface area contributed by atoms with E-state index in [0.717, 1.165) is 16.5 Å². The van der Waals surface area contributed by atoms with Gasteiger partial charge in [-0.3, -0.25) is 4.79 Å². The Morgan fingerprint density at radius 1 is 1.15 bits per heavy atom. The van der Waals surface area contributed by atoms with Gasteiger partial charge in [-0.2, -0.15) is 0 Å². The van der Waals surface area contributed by atoms with Gasteiger partial charge in [0.05, 0.1) is 0 Å². The highest BCUT2D eigenvalue weighted by Gasteiger charge is 2.14. The van der Waals surface area contributed by atoms with Crippen LogP contribution in [0.1, 0.15) is 21.7 Å². The molecule has 2 nitrogen and oxygen atoms in total. The molecule has 3 rings (SSSR count). The molecule has 0 saturated carbocycles. The molecule has 0 fully saturated rings. The van der Waals surface area contributed by atoms with Crippen molar-refractivity contribution in [3.05, 3.63) is 71.2 Å². The Kier molecular flexibility index (Phi) is 3.11. The lowest BCUT2D eigenvalue weighted by molar-refractivity contribution is 0.0968. The Morgan fingerprint density at radius 2 is 1.95 bits per heavy atom. The number of rotatable bonds is 3. The fourth-order valence-corrected chi connectivity index (χ4v) is 2.27.